The summed E-state index contributed by atoms with van der Waals surface area (Å²) in [5, 5.41) is 12.2. The van der Waals surface area contributed by atoms with Gasteiger partial charge in [-0.05, 0) is 46.9 Å². The van der Waals surface area contributed by atoms with Gasteiger partial charge in [-0.3, -0.25) is 0 Å². The second kappa shape index (κ2) is 5.35. The van der Waals surface area contributed by atoms with Crippen LogP contribution in [0.4, 0.5) is 5.69 Å². The van der Waals surface area contributed by atoms with Crippen LogP contribution in [0.5, 0.6) is 5.75 Å². The Morgan fingerprint density at radius 1 is 1.33 bits per heavy atom. The molecule has 3 rings (SSSR count). The molecule has 1 fully saturated rings. The van der Waals surface area contributed by atoms with Gasteiger partial charge < -0.3 is 10.5 Å². The van der Waals surface area contributed by atoms with Gasteiger partial charge in [-0.1, -0.05) is 19.8 Å². The molecule has 2 aromatic rings. The van der Waals surface area contributed by atoms with Gasteiger partial charge in [0.2, 0.25) is 0 Å². The molecule has 2 N–H and O–H groups in total. The maximum Gasteiger partial charge on any atom is 0.185 e. The number of benzene rings is 1. The SMILES string of the molecule is COc1ccc(N)cc1-c1nnnn1CC1(C)CCCC1. The van der Waals surface area contributed by atoms with Crippen molar-refractivity contribution in [2.75, 3.05) is 12.8 Å². The number of methoxy groups -OCH3 is 1. The average molecular weight is 287 g/mol. The summed E-state index contributed by atoms with van der Waals surface area (Å²) in [6.07, 6.45) is 5.02. The van der Waals surface area contributed by atoms with Gasteiger partial charge in [-0.25, -0.2) is 4.68 Å². The average Bonchev–Trinajstić information content (AvgIpc) is 3.08. The molecular formula is C15H21N5O. The molecule has 6 nitrogen and oxygen atoms in total. The molecule has 112 valence electrons. The third-order valence-corrected chi connectivity index (χ3v) is 4.34. The van der Waals surface area contributed by atoms with Crippen LogP contribution in [0.15, 0.2) is 18.2 Å². The highest BCUT2D eigenvalue weighted by Crippen LogP contribution is 2.40. The van der Waals surface area contributed by atoms with Crippen molar-refractivity contribution in [3.05, 3.63) is 18.2 Å². The van der Waals surface area contributed by atoms with Crippen molar-refractivity contribution in [3.63, 3.8) is 0 Å². The van der Waals surface area contributed by atoms with E-state index < -0.39 is 0 Å². The highest BCUT2D eigenvalue weighted by Gasteiger charge is 2.31. The predicted molar refractivity (Wildman–Crippen MR) is 80.8 cm³/mol. The molecule has 1 heterocycles. The molecule has 6 heteroatoms. The van der Waals surface area contributed by atoms with E-state index in [1.807, 2.05) is 22.9 Å². The van der Waals surface area contributed by atoms with E-state index in [1.54, 1.807) is 7.11 Å². The summed E-state index contributed by atoms with van der Waals surface area (Å²) >= 11 is 0. The molecule has 0 saturated heterocycles. The lowest BCUT2D eigenvalue weighted by atomic mass is 9.89. The number of hydrogen-bond acceptors (Lipinski definition) is 5. The van der Waals surface area contributed by atoms with Crippen molar-refractivity contribution < 1.29 is 4.74 Å². The Kier molecular flexibility index (Phi) is 3.53. The third-order valence-electron chi connectivity index (χ3n) is 4.34. The van der Waals surface area contributed by atoms with E-state index in [-0.39, 0.29) is 5.41 Å². The maximum atomic E-state index is 5.89. The van der Waals surface area contributed by atoms with Crippen LogP contribution >= 0.6 is 0 Å². The van der Waals surface area contributed by atoms with E-state index in [4.69, 9.17) is 10.5 Å². The van der Waals surface area contributed by atoms with Crippen LogP contribution in [-0.4, -0.2) is 27.3 Å². The van der Waals surface area contributed by atoms with E-state index in [1.165, 1.54) is 25.7 Å². The van der Waals surface area contributed by atoms with E-state index >= 15 is 0 Å². The molecule has 0 spiro atoms. The first-order valence-electron chi connectivity index (χ1n) is 7.31. The summed E-state index contributed by atoms with van der Waals surface area (Å²) in [4.78, 5) is 0. The van der Waals surface area contributed by atoms with Gasteiger partial charge >= 0.3 is 0 Å². The van der Waals surface area contributed by atoms with Gasteiger partial charge in [-0.2, -0.15) is 0 Å². The minimum atomic E-state index is 0.275. The van der Waals surface area contributed by atoms with Crippen molar-refractivity contribution in [1.29, 1.82) is 0 Å². The van der Waals surface area contributed by atoms with E-state index in [0.29, 0.717) is 11.5 Å². The summed E-state index contributed by atoms with van der Waals surface area (Å²) in [6, 6.07) is 5.52. The number of hydrogen-bond donors (Lipinski definition) is 1. The first kappa shape index (κ1) is 13.9. The zero-order chi connectivity index (χ0) is 14.9. The minimum absolute atomic E-state index is 0.275. The van der Waals surface area contributed by atoms with Crippen LogP contribution in [0.25, 0.3) is 11.4 Å². The molecule has 1 aromatic heterocycles. The Morgan fingerprint density at radius 3 is 2.81 bits per heavy atom. The highest BCUT2D eigenvalue weighted by molar-refractivity contribution is 5.68. The van der Waals surface area contributed by atoms with Crippen LogP contribution in [0.2, 0.25) is 0 Å². The summed E-state index contributed by atoms with van der Waals surface area (Å²) in [5.74, 6) is 1.45. The van der Waals surface area contributed by atoms with Crippen LogP contribution in [0, 0.1) is 5.41 Å². The smallest absolute Gasteiger partial charge is 0.185 e. The molecule has 0 aliphatic heterocycles. The van der Waals surface area contributed by atoms with Crippen molar-refractivity contribution in [2.24, 2.45) is 5.41 Å². The summed E-state index contributed by atoms with van der Waals surface area (Å²) in [5.41, 5.74) is 7.68. The maximum absolute atomic E-state index is 5.89. The van der Waals surface area contributed by atoms with Gasteiger partial charge in [0.25, 0.3) is 0 Å². The number of nitrogens with two attached hydrogens (primary N) is 1. The molecule has 0 atom stereocenters. The van der Waals surface area contributed by atoms with Crippen LogP contribution in [0.1, 0.15) is 32.6 Å². The molecule has 0 amide bonds. The predicted octanol–water partition coefficient (Wildman–Crippen LogP) is 2.51. The first-order valence-corrected chi connectivity index (χ1v) is 7.31. The van der Waals surface area contributed by atoms with Gasteiger partial charge in [-0.15, -0.1) is 5.10 Å². The fraction of sp³-hybridized carbons (Fsp3) is 0.533. The lowest BCUT2D eigenvalue weighted by molar-refractivity contribution is 0.267. The Morgan fingerprint density at radius 2 is 2.10 bits per heavy atom. The number of nitrogen functional groups attached to an aromatic ring is 1. The second-order valence-corrected chi connectivity index (χ2v) is 6.14. The summed E-state index contributed by atoms with van der Waals surface area (Å²) < 4.78 is 7.29. The Labute approximate surface area is 124 Å². The van der Waals surface area contributed by atoms with Crippen molar-refractivity contribution in [1.82, 2.24) is 20.2 Å². The number of anilines is 1. The minimum Gasteiger partial charge on any atom is -0.496 e. The van der Waals surface area contributed by atoms with Crippen molar-refractivity contribution >= 4 is 5.69 Å². The quantitative estimate of drug-likeness (QED) is 0.874. The number of aromatic nitrogens is 4. The van der Waals surface area contributed by atoms with E-state index in [2.05, 4.69) is 22.4 Å². The van der Waals surface area contributed by atoms with Gasteiger partial charge in [0.1, 0.15) is 5.75 Å². The molecule has 21 heavy (non-hydrogen) atoms. The van der Waals surface area contributed by atoms with Crippen molar-refractivity contribution in [2.45, 2.75) is 39.2 Å². The van der Waals surface area contributed by atoms with Crippen LogP contribution < -0.4 is 10.5 Å². The van der Waals surface area contributed by atoms with Crippen LogP contribution in [0.3, 0.4) is 0 Å². The molecule has 0 radical (unpaired) electrons. The summed E-state index contributed by atoms with van der Waals surface area (Å²) in [7, 11) is 1.64. The highest BCUT2D eigenvalue weighted by atomic mass is 16.5. The third kappa shape index (κ3) is 2.70. The molecule has 1 aliphatic carbocycles. The molecule has 1 aromatic carbocycles. The fourth-order valence-corrected chi connectivity index (χ4v) is 3.15. The van der Waals surface area contributed by atoms with Crippen LogP contribution in [-0.2, 0) is 6.54 Å². The lowest BCUT2D eigenvalue weighted by Gasteiger charge is -2.23. The van der Waals surface area contributed by atoms with Gasteiger partial charge in [0.05, 0.1) is 19.2 Å². The molecule has 0 bridgehead atoms. The molecule has 1 saturated carbocycles. The van der Waals surface area contributed by atoms with E-state index in [0.717, 1.165) is 17.9 Å². The lowest BCUT2D eigenvalue weighted by Crippen LogP contribution is -2.21. The van der Waals surface area contributed by atoms with Gasteiger partial charge in [0.15, 0.2) is 5.82 Å². The Hall–Kier alpha value is -2.11. The van der Waals surface area contributed by atoms with Crippen molar-refractivity contribution in [3.8, 4) is 17.1 Å². The van der Waals surface area contributed by atoms with Gasteiger partial charge in [0, 0.05) is 5.69 Å². The number of tetrazole rings is 1. The molecule has 1 aliphatic rings. The molecular weight excluding hydrogens is 266 g/mol. The standard InChI is InChI=1S/C15H21N5O/c1-15(7-3-4-8-15)10-20-14(17-18-19-20)12-9-11(16)5-6-13(12)21-2/h5-6,9H,3-4,7-8,10,16H2,1-2H3. The Balaban J connectivity index is 1.97. The molecule has 0 unspecified atom stereocenters. The first-order chi connectivity index (χ1) is 10.1. The summed E-state index contributed by atoms with van der Waals surface area (Å²) in [6.45, 7) is 3.13. The normalized spacial score (nSPS) is 17.0. The number of ether oxygens (including phenoxy) is 1. The number of nitrogens with zero attached hydrogens (tertiary/aromatic N) is 4. The topological polar surface area (TPSA) is 78.8 Å². The fourth-order valence-electron chi connectivity index (χ4n) is 3.15. The largest absolute Gasteiger partial charge is 0.496 e. The second-order valence-electron chi connectivity index (χ2n) is 6.14. The van der Waals surface area contributed by atoms with E-state index in [9.17, 15) is 0 Å². The number of rotatable bonds is 4. The Bertz CT molecular complexity index is 631. The zero-order valence-electron chi connectivity index (χ0n) is 12.5. The zero-order valence-corrected chi connectivity index (χ0v) is 12.5. The monoisotopic (exact) mass is 287 g/mol.